The normalized spacial score (nSPS) is 10.1. The van der Waals surface area contributed by atoms with Crippen molar-refractivity contribution in [3.8, 4) is 0 Å². The third-order valence-electron chi connectivity index (χ3n) is 2.18. The third kappa shape index (κ3) is 2.08. The first-order valence-corrected chi connectivity index (χ1v) is 4.75. The van der Waals surface area contributed by atoms with E-state index < -0.39 is 0 Å². The van der Waals surface area contributed by atoms with Crippen LogP contribution in [0, 0.1) is 12.7 Å². The molecule has 0 spiro atoms. The lowest BCUT2D eigenvalue weighted by Crippen LogP contribution is -2.00. The van der Waals surface area contributed by atoms with Gasteiger partial charge in [-0.1, -0.05) is 6.07 Å². The summed E-state index contributed by atoms with van der Waals surface area (Å²) in [4.78, 5) is 7.72. The molecule has 0 saturated carbocycles. The van der Waals surface area contributed by atoms with E-state index in [1.54, 1.807) is 19.1 Å². The maximum atomic E-state index is 13.3. The second kappa shape index (κ2) is 4.14. The minimum absolute atomic E-state index is 0.266. The van der Waals surface area contributed by atoms with Gasteiger partial charge in [0, 0.05) is 5.69 Å². The molecular weight excluding hydrogens is 207 g/mol. The number of halogens is 1. The molecule has 0 aliphatic carbocycles. The molecule has 0 unspecified atom stereocenters. The largest absolute Gasteiger partial charge is 0.394 e. The molecule has 4 nitrogen and oxygen atoms in total. The van der Waals surface area contributed by atoms with E-state index in [1.807, 2.05) is 0 Å². The number of nitrogens with one attached hydrogen (secondary N) is 1. The highest BCUT2D eigenvalue weighted by atomic mass is 19.1. The van der Waals surface area contributed by atoms with Gasteiger partial charge >= 0.3 is 0 Å². The van der Waals surface area contributed by atoms with Crippen molar-refractivity contribution in [1.29, 1.82) is 0 Å². The number of nitrogens with two attached hydrogens (primary N) is 1. The van der Waals surface area contributed by atoms with E-state index in [-0.39, 0.29) is 5.82 Å². The van der Waals surface area contributed by atoms with E-state index in [4.69, 9.17) is 5.73 Å². The lowest BCUT2D eigenvalue weighted by atomic mass is 10.2. The molecule has 0 radical (unpaired) electrons. The van der Waals surface area contributed by atoms with Crippen LogP contribution in [0.4, 0.5) is 21.6 Å². The van der Waals surface area contributed by atoms with E-state index in [1.165, 1.54) is 18.6 Å². The van der Waals surface area contributed by atoms with Gasteiger partial charge in [0.1, 0.15) is 12.1 Å². The molecule has 0 bridgehead atoms. The molecule has 1 aromatic heterocycles. The lowest BCUT2D eigenvalue weighted by Gasteiger charge is -2.07. The van der Waals surface area contributed by atoms with Gasteiger partial charge in [0.05, 0.1) is 11.9 Å². The standard InChI is InChI=1S/C11H11FN4/c1-7-2-3-8(4-9(7)12)16-11-10(13)5-14-6-15-11/h2-6H,13H2,1H3,(H,14,15,16). The molecule has 0 atom stereocenters. The highest BCUT2D eigenvalue weighted by molar-refractivity contribution is 5.67. The summed E-state index contributed by atoms with van der Waals surface area (Å²) in [6.45, 7) is 1.71. The van der Waals surface area contributed by atoms with Crippen LogP contribution >= 0.6 is 0 Å². The molecule has 0 aliphatic rings. The number of hydrogen-bond donors (Lipinski definition) is 2. The van der Waals surface area contributed by atoms with Crippen molar-refractivity contribution in [3.63, 3.8) is 0 Å². The van der Waals surface area contributed by atoms with Crippen LogP contribution in [0.15, 0.2) is 30.7 Å². The molecule has 3 N–H and O–H groups in total. The van der Waals surface area contributed by atoms with Gasteiger partial charge in [-0.2, -0.15) is 0 Å². The van der Waals surface area contributed by atoms with Crippen molar-refractivity contribution in [2.24, 2.45) is 0 Å². The highest BCUT2D eigenvalue weighted by Crippen LogP contribution is 2.20. The van der Waals surface area contributed by atoms with E-state index in [9.17, 15) is 4.39 Å². The van der Waals surface area contributed by atoms with Crippen LogP contribution in [0.3, 0.4) is 0 Å². The fraction of sp³-hybridized carbons (Fsp3) is 0.0909. The second-order valence-electron chi connectivity index (χ2n) is 3.42. The van der Waals surface area contributed by atoms with Crippen LogP contribution < -0.4 is 11.1 Å². The Bertz CT molecular complexity index is 513. The zero-order valence-corrected chi connectivity index (χ0v) is 8.74. The van der Waals surface area contributed by atoms with Gasteiger partial charge in [-0.05, 0) is 24.6 Å². The molecule has 82 valence electrons. The fourth-order valence-electron chi connectivity index (χ4n) is 1.25. The summed E-state index contributed by atoms with van der Waals surface area (Å²) in [6, 6.07) is 4.85. The number of hydrogen-bond acceptors (Lipinski definition) is 4. The van der Waals surface area contributed by atoms with Crippen molar-refractivity contribution >= 4 is 17.2 Å². The fourth-order valence-corrected chi connectivity index (χ4v) is 1.25. The molecule has 0 fully saturated rings. The van der Waals surface area contributed by atoms with Gasteiger partial charge in [-0.15, -0.1) is 0 Å². The number of nitrogens with zero attached hydrogens (tertiary/aromatic N) is 2. The minimum atomic E-state index is -0.266. The maximum absolute atomic E-state index is 13.3. The lowest BCUT2D eigenvalue weighted by molar-refractivity contribution is 0.619. The first kappa shape index (κ1) is 10.4. The van der Waals surface area contributed by atoms with Crippen LogP contribution in [-0.4, -0.2) is 9.97 Å². The topological polar surface area (TPSA) is 63.8 Å². The van der Waals surface area contributed by atoms with Crippen molar-refractivity contribution < 1.29 is 4.39 Å². The zero-order chi connectivity index (χ0) is 11.5. The van der Waals surface area contributed by atoms with Gasteiger partial charge in [0.2, 0.25) is 0 Å². The molecule has 0 saturated heterocycles. The van der Waals surface area contributed by atoms with Gasteiger partial charge in [-0.25, -0.2) is 14.4 Å². The number of aromatic nitrogens is 2. The summed E-state index contributed by atoms with van der Waals surface area (Å²) in [6.07, 6.45) is 2.86. The SMILES string of the molecule is Cc1ccc(Nc2ncncc2N)cc1F. The zero-order valence-electron chi connectivity index (χ0n) is 8.74. The summed E-state index contributed by atoms with van der Waals surface area (Å²) in [5, 5.41) is 2.92. The minimum Gasteiger partial charge on any atom is -0.394 e. The van der Waals surface area contributed by atoms with Crippen LogP contribution in [0.2, 0.25) is 0 Å². The summed E-state index contributed by atoms with van der Waals surface area (Å²) in [7, 11) is 0. The van der Waals surface area contributed by atoms with Crippen molar-refractivity contribution in [2.45, 2.75) is 6.92 Å². The van der Waals surface area contributed by atoms with E-state index in [0.29, 0.717) is 22.8 Å². The van der Waals surface area contributed by atoms with Crippen LogP contribution in [0.5, 0.6) is 0 Å². The van der Waals surface area contributed by atoms with E-state index >= 15 is 0 Å². The number of aryl methyl sites for hydroxylation is 1. The second-order valence-corrected chi connectivity index (χ2v) is 3.42. The quantitative estimate of drug-likeness (QED) is 0.811. The Morgan fingerprint density at radius 3 is 2.88 bits per heavy atom. The summed E-state index contributed by atoms with van der Waals surface area (Å²) >= 11 is 0. The van der Waals surface area contributed by atoms with Crippen molar-refractivity contribution in [3.05, 3.63) is 42.1 Å². The molecule has 1 aromatic carbocycles. The summed E-state index contributed by atoms with van der Waals surface area (Å²) < 4.78 is 13.3. The Morgan fingerprint density at radius 2 is 2.19 bits per heavy atom. The number of anilines is 3. The molecule has 2 aromatic rings. The predicted octanol–water partition coefficient (Wildman–Crippen LogP) is 2.25. The Balaban J connectivity index is 2.28. The molecule has 1 heterocycles. The predicted molar refractivity (Wildman–Crippen MR) is 60.9 cm³/mol. The number of nitrogen functional groups attached to an aromatic ring is 1. The van der Waals surface area contributed by atoms with Crippen LogP contribution in [0.1, 0.15) is 5.56 Å². The summed E-state index contributed by atoms with van der Waals surface area (Å²) in [5.41, 5.74) is 7.28. The molecular formula is C11H11FN4. The maximum Gasteiger partial charge on any atom is 0.157 e. The monoisotopic (exact) mass is 218 g/mol. The van der Waals surface area contributed by atoms with Gasteiger partial charge in [0.15, 0.2) is 5.82 Å². The molecule has 2 rings (SSSR count). The molecule has 0 amide bonds. The van der Waals surface area contributed by atoms with Crippen LogP contribution in [0.25, 0.3) is 0 Å². The smallest absolute Gasteiger partial charge is 0.157 e. The van der Waals surface area contributed by atoms with Crippen molar-refractivity contribution in [1.82, 2.24) is 9.97 Å². The Kier molecular flexibility index (Phi) is 2.68. The Hall–Kier alpha value is -2.17. The van der Waals surface area contributed by atoms with Gasteiger partial charge in [-0.3, -0.25) is 0 Å². The van der Waals surface area contributed by atoms with E-state index in [0.717, 1.165) is 0 Å². The average Bonchev–Trinajstić information content (AvgIpc) is 2.27. The molecule has 0 aliphatic heterocycles. The Morgan fingerprint density at radius 1 is 1.38 bits per heavy atom. The number of rotatable bonds is 2. The molecule has 16 heavy (non-hydrogen) atoms. The van der Waals surface area contributed by atoms with Crippen molar-refractivity contribution in [2.75, 3.05) is 11.1 Å². The number of benzene rings is 1. The van der Waals surface area contributed by atoms with E-state index in [2.05, 4.69) is 15.3 Å². The first-order valence-electron chi connectivity index (χ1n) is 4.75. The highest BCUT2D eigenvalue weighted by Gasteiger charge is 2.03. The van der Waals surface area contributed by atoms with Gasteiger partial charge in [0.25, 0.3) is 0 Å². The molecule has 5 heteroatoms. The third-order valence-corrected chi connectivity index (χ3v) is 2.18. The first-order chi connectivity index (χ1) is 7.66. The summed E-state index contributed by atoms with van der Waals surface area (Å²) in [5.74, 6) is 0.205. The Labute approximate surface area is 92.3 Å². The van der Waals surface area contributed by atoms with Gasteiger partial charge < -0.3 is 11.1 Å². The van der Waals surface area contributed by atoms with Crippen LogP contribution in [-0.2, 0) is 0 Å². The average molecular weight is 218 g/mol.